The molecule has 1 heterocycles. The Balaban J connectivity index is 2.15. The van der Waals surface area contributed by atoms with Crippen molar-refractivity contribution in [2.24, 2.45) is 0 Å². The molecule has 1 aliphatic rings. The summed E-state index contributed by atoms with van der Waals surface area (Å²) in [6, 6.07) is 7.46. The number of rotatable bonds is 3. The Morgan fingerprint density at radius 2 is 2.07 bits per heavy atom. The van der Waals surface area contributed by atoms with E-state index in [4.69, 9.17) is 9.47 Å². The fraction of sp³-hybridized carbons (Fsp3) is 0.455. The molecule has 3 atom stereocenters. The topological polar surface area (TPSA) is 42.0 Å². The molecule has 0 radical (unpaired) electrons. The monoisotopic (exact) mass is 194 g/mol. The normalized spacial score (nSPS) is 27.1. The van der Waals surface area contributed by atoms with Crippen molar-refractivity contribution in [3.8, 4) is 5.75 Å². The van der Waals surface area contributed by atoms with Gasteiger partial charge < -0.3 is 14.6 Å². The average molecular weight is 194 g/mol. The van der Waals surface area contributed by atoms with Crippen LogP contribution in [0.5, 0.6) is 5.75 Å². The lowest BCUT2D eigenvalue weighted by Gasteiger charge is -2.11. The van der Waals surface area contributed by atoms with Crippen LogP contribution in [0.1, 0.15) is 25.5 Å². The second-order valence-electron chi connectivity index (χ2n) is 3.54. The van der Waals surface area contributed by atoms with Gasteiger partial charge >= 0.3 is 0 Å². The Morgan fingerprint density at radius 1 is 1.43 bits per heavy atom. The van der Waals surface area contributed by atoms with E-state index in [1.54, 1.807) is 6.92 Å². The lowest BCUT2D eigenvalue weighted by atomic mass is 10.1. The number of aliphatic hydroxyl groups is 1. The summed E-state index contributed by atoms with van der Waals surface area (Å²) in [7, 11) is 0. The van der Waals surface area contributed by atoms with Crippen molar-refractivity contribution in [2.45, 2.75) is 32.3 Å². The number of epoxide rings is 1. The Bertz CT molecular complexity index is 322. The summed E-state index contributed by atoms with van der Waals surface area (Å²) in [6.45, 7) is 3.68. The van der Waals surface area contributed by atoms with Crippen LogP contribution >= 0.6 is 0 Å². The maximum Gasteiger partial charge on any atom is 0.226 e. The van der Waals surface area contributed by atoms with Crippen LogP contribution in [0.4, 0.5) is 0 Å². The first-order valence-electron chi connectivity index (χ1n) is 4.77. The summed E-state index contributed by atoms with van der Waals surface area (Å²) in [5.41, 5.74) is 0.801. The summed E-state index contributed by atoms with van der Waals surface area (Å²) in [5.74, 6) is 0.705. The zero-order chi connectivity index (χ0) is 10.1. The van der Waals surface area contributed by atoms with Crippen molar-refractivity contribution in [1.82, 2.24) is 0 Å². The molecule has 0 bridgehead atoms. The highest BCUT2D eigenvalue weighted by Crippen LogP contribution is 2.30. The molecule has 2 rings (SSSR count). The second kappa shape index (κ2) is 3.59. The molecule has 3 heteroatoms. The van der Waals surface area contributed by atoms with Crippen LogP contribution in [0.25, 0.3) is 0 Å². The van der Waals surface area contributed by atoms with E-state index in [1.807, 2.05) is 31.2 Å². The first-order valence-corrected chi connectivity index (χ1v) is 4.77. The van der Waals surface area contributed by atoms with Gasteiger partial charge in [0.05, 0.1) is 6.10 Å². The first kappa shape index (κ1) is 9.49. The van der Waals surface area contributed by atoms with Crippen LogP contribution in [0.3, 0.4) is 0 Å². The molecule has 0 amide bonds. The standard InChI is InChI=1S/C11H14O3/c1-7(12)9-5-3-4-6-10(9)14-11-8(2)13-11/h3-8,11-12H,1-2H3. The van der Waals surface area contributed by atoms with Gasteiger partial charge in [0.25, 0.3) is 0 Å². The Morgan fingerprint density at radius 3 is 2.64 bits per heavy atom. The molecule has 1 aliphatic heterocycles. The third-order valence-corrected chi connectivity index (χ3v) is 2.27. The van der Waals surface area contributed by atoms with Crippen molar-refractivity contribution in [3.63, 3.8) is 0 Å². The van der Waals surface area contributed by atoms with E-state index < -0.39 is 6.10 Å². The second-order valence-corrected chi connectivity index (χ2v) is 3.54. The smallest absolute Gasteiger partial charge is 0.226 e. The number of benzene rings is 1. The number of aliphatic hydroxyl groups excluding tert-OH is 1. The van der Waals surface area contributed by atoms with Crippen molar-refractivity contribution >= 4 is 0 Å². The highest BCUT2D eigenvalue weighted by Gasteiger charge is 2.37. The van der Waals surface area contributed by atoms with Crippen molar-refractivity contribution < 1.29 is 14.6 Å². The highest BCUT2D eigenvalue weighted by molar-refractivity contribution is 5.35. The number of hydrogen-bond donors (Lipinski definition) is 1. The van der Waals surface area contributed by atoms with Gasteiger partial charge in [-0.2, -0.15) is 0 Å². The van der Waals surface area contributed by atoms with Crippen LogP contribution in [0, 0.1) is 0 Å². The fourth-order valence-corrected chi connectivity index (χ4v) is 1.35. The molecule has 1 saturated heterocycles. The largest absolute Gasteiger partial charge is 0.462 e. The maximum absolute atomic E-state index is 9.48. The fourth-order valence-electron chi connectivity index (χ4n) is 1.35. The van der Waals surface area contributed by atoms with E-state index in [0.717, 1.165) is 5.56 Å². The van der Waals surface area contributed by atoms with Gasteiger partial charge in [0.15, 0.2) is 0 Å². The van der Waals surface area contributed by atoms with Gasteiger partial charge in [0, 0.05) is 5.56 Å². The summed E-state index contributed by atoms with van der Waals surface area (Å²) in [6.07, 6.45) is -0.493. The molecular weight excluding hydrogens is 180 g/mol. The number of ether oxygens (including phenoxy) is 2. The third kappa shape index (κ3) is 1.89. The van der Waals surface area contributed by atoms with Crippen LogP contribution in [0.2, 0.25) is 0 Å². The summed E-state index contributed by atoms with van der Waals surface area (Å²) in [4.78, 5) is 0. The van der Waals surface area contributed by atoms with E-state index in [9.17, 15) is 5.11 Å². The van der Waals surface area contributed by atoms with Gasteiger partial charge in [0.2, 0.25) is 6.29 Å². The molecule has 1 aromatic carbocycles. The molecule has 14 heavy (non-hydrogen) atoms. The molecular formula is C11H14O3. The molecule has 3 unspecified atom stereocenters. The molecule has 0 saturated carbocycles. The lowest BCUT2D eigenvalue weighted by Crippen LogP contribution is -2.04. The van der Waals surface area contributed by atoms with Gasteiger partial charge in [0.1, 0.15) is 11.9 Å². The average Bonchev–Trinajstić information content (AvgIpc) is 2.82. The highest BCUT2D eigenvalue weighted by atomic mass is 16.8. The predicted octanol–water partition coefficient (Wildman–Crippen LogP) is 1.86. The molecule has 1 fully saturated rings. The van der Waals surface area contributed by atoms with Crippen molar-refractivity contribution in [1.29, 1.82) is 0 Å². The lowest BCUT2D eigenvalue weighted by molar-refractivity contribution is 0.160. The molecule has 3 nitrogen and oxygen atoms in total. The Hall–Kier alpha value is -1.06. The van der Waals surface area contributed by atoms with E-state index in [1.165, 1.54) is 0 Å². The van der Waals surface area contributed by atoms with Gasteiger partial charge in [-0.25, -0.2) is 0 Å². The van der Waals surface area contributed by atoms with Gasteiger partial charge in [-0.15, -0.1) is 0 Å². The van der Waals surface area contributed by atoms with Gasteiger partial charge in [-0.1, -0.05) is 18.2 Å². The van der Waals surface area contributed by atoms with Gasteiger partial charge in [-0.3, -0.25) is 0 Å². The summed E-state index contributed by atoms with van der Waals surface area (Å²) >= 11 is 0. The van der Waals surface area contributed by atoms with E-state index in [2.05, 4.69) is 0 Å². The summed E-state index contributed by atoms with van der Waals surface area (Å²) < 4.78 is 10.7. The van der Waals surface area contributed by atoms with E-state index >= 15 is 0 Å². The van der Waals surface area contributed by atoms with Crippen LogP contribution in [-0.4, -0.2) is 17.5 Å². The molecule has 0 spiro atoms. The van der Waals surface area contributed by atoms with Crippen LogP contribution < -0.4 is 4.74 Å². The molecule has 0 aliphatic carbocycles. The Labute approximate surface area is 83.3 Å². The third-order valence-electron chi connectivity index (χ3n) is 2.27. The van der Waals surface area contributed by atoms with Crippen LogP contribution in [-0.2, 0) is 4.74 Å². The van der Waals surface area contributed by atoms with E-state index in [0.29, 0.717) is 5.75 Å². The summed E-state index contributed by atoms with van der Waals surface area (Å²) in [5, 5.41) is 9.48. The quantitative estimate of drug-likeness (QED) is 0.747. The first-order chi connectivity index (χ1) is 6.68. The molecule has 1 N–H and O–H groups in total. The van der Waals surface area contributed by atoms with Crippen LogP contribution in [0.15, 0.2) is 24.3 Å². The van der Waals surface area contributed by atoms with Crippen molar-refractivity contribution in [3.05, 3.63) is 29.8 Å². The molecule has 76 valence electrons. The zero-order valence-electron chi connectivity index (χ0n) is 8.31. The zero-order valence-corrected chi connectivity index (χ0v) is 8.31. The minimum atomic E-state index is -0.514. The molecule has 0 aromatic heterocycles. The Kier molecular flexibility index (Phi) is 2.44. The number of hydrogen-bond acceptors (Lipinski definition) is 3. The number of para-hydroxylation sites is 1. The predicted molar refractivity (Wildman–Crippen MR) is 52.0 cm³/mol. The van der Waals surface area contributed by atoms with Crippen molar-refractivity contribution in [2.75, 3.05) is 0 Å². The minimum Gasteiger partial charge on any atom is -0.462 e. The SMILES string of the molecule is CC(O)c1ccccc1OC1OC1C. The van der Waals surface area contributed by atoms with E-state index in [-0.39, 0.29) is 12.4 Å². The molecule has 1 aromatic rings. The maximum atomic E-state index is 9.48. The minimum absolute atomic E-state index is 0.144. The van der Waals surface area contributed by atoms with Gasteiger partial charge in [-0.05, 0) is 19.9 Å².